The molecule has 0 radical (unpaired) electrons. The Balaban J connectivity index is 1.86. The van der Waals surface area contributed by atoms with Crippen LogP contribution in [0.25, 0.3) is 11.4 Å². The highest BCUT2D eigenvalue weighted by Crippen LogP contribution is 2.29. The summed E-state index contributed by atoms with van der Waals surface area (Å²) in [5.74, 6) is 0.846. The number of benzene rings is 1. The summed E-state index contributed by atoms with van der Waals surface area (Å²) in [5, 5.41) is 9.61. The number of halogens is 2. The van der Waals surface area contributed by atoms with E-state index in [9.17, 15) is 4.39 Å². The zero-order chi connectivity index (χ0) is 16.2. The third kappa shape index (κ3) is 3.38. The molecule has 0 aliphatic rings. The molecule has 118 valence electrons. The molecule has 4 nitrogen and oxygen atoms in total. The Labute approximate surface area is 142 Å². The number of rotatable bonds is 5. The number of hydrogen-bond donors (Lipinski definition) is 0. The largest absolute Gasteiger partial charge is 0.302 e. The molecule has 2 heterocycles. The van der Waals surface area contributed by atoms with Gasteiger partial charge >= 0.3 is 0 Å². The van der Waals surface area contributed by atoms with E-state index in [2.05, 4.69) is 15.2 Å². The fraction of sp³-hybridized carbons (Fsp3) is 0.188. The lowest BCUT2D eigenvalue weighted by molar-refractivity contribution is 0.617. The van der Waals surface area contributed by atoms with Crippen molar-refractivity contribution in [1.82, 2.24) is 19.7 Å². The summed E-state index contributed by atoms with van der Waals surface area (Å²) < 4.78 is 15.8. The van der Waals surface area contributed by atoms with Crippen molar-refractivity contribution < 1.29 is 4.39 Å². The van der Waals surface area contributed by atoms with Crippen LogP contribution in [0.15, 0.2) is 47.9 Å². The molecule has 0 N–H and O–H groups in total. The minimum absolute atomic E-state index is 0.306. The number of nitrogens with zero attached hydrogens (tertiary/aromatic N) is 4. The molecule has 7 heteroatoms. The van der Waals surface area contributed by atoms with Crippen LogP contribution in [0.3, 0.4) is 0 Å². The zero-order valence-corrected chi connectivity index (χ0v) is 14.0. The summed E-state index contributed by atoms with van der Waals surface area (Å²) in [5.41, 5.74) is 1.38. The minimum atomic E-state index is -0.306. The lowest BCUT2D eigenvalue weighted by Crippen LogP contribution is -2.00. The summed E-state index contributed by atoms with van der Waals surface area (Å²) in [6.45, 7) is 2.73. The van der Waals surface area contributed by atoms with E-state index in [1.54, 1.807) is 24.5 Å². The molecule has 0 fully saturated rings. The lowest BCUT2D eigenvalue weighted by atomic mass is 10.2. The van der Waals surface area contributed by atoms with E-state index in [1.807, 2.05) is 23.6 Å². The summed E-state index contributed by atoms with van der Waals surface area (Å²) in [7, 11) is 0. The summed E-state index contributed by atoms with van der Waals surface area (Å²) >= 11 is 7.48. The first-order valence-corrected chi connectivity index (χ1v) is 8.46. The molecular weight excluding hydrogens is 335 g/mol. The van der Waals surface area contributed by atoms with Gasteiger partial charge in [0.25, 0.3) is 0 Å². The Kier molecular flexibility index (Phi) is 4.93. The maximum Gasteiger partial charge on any atom is 0.191 e. The van der Waals surface area contributed by atoms with Crippen molar-refractivity contribution in [2.24, 2.45) is 0 Å². The molecular formula is C16H14ClFN4S. The highest BCUT2D eigenvalue weighted by Gasteiger charge is 2.15. The normalized spacial score (nSPS) is 10.9. The van der Waals surface area contributed by atoms with Gasteiger partial charge in [-0.2, -0.15) is 0 Å². The van der Waals surface area contributed by atoms with Crippen LogP contribution >= 0.6 is 23.4 Å². The average Bonchev–Trinajstić information content (AvgIpc) is 2.98. The van der Waals surface area contributed by atoms with Crippen LogP contribution in [0.4, 0.5) is 4.39 Å². The van der Waals surface area contributed by atoms with Gasteiger partial charge < -0.3 is 4.57 Å². The molecule has 1 aromatic carbocycles. The zero-order valence-electron chi connectivity index (χ0n) is 12.4. The van der Waals surface area contributed by atoms with E-state index < -0.39 is 0 Å². The van der Waals surface area contributed by atoms with Gasteiger partial charge in [0, 0.05) is 40.8 Å². The van der Waals surface area contributed by atoms with Crippen LogP contribution in [0.2, 0.25) is 5.02 Å². The van der Waals surface area contributed by atoms with Crippen LogP contribution < -0.4 is 0 Å². The van der Waals surface area contributed by atoms with Gasteiger partial charge in [0.05, 0.1) is 0 Å². The first kappa shape index (κ1) is 16.0. The van der Waals surface area contributed by atoms with Crippen LogP contribution in [-0.2, 0) is 12.3 Å². The maximum atomic E-state index is 13.9. The third-order valence-electron chi connectivity index (χ3n) is 3.36. The second kappa shape index (κ2) is 7.10. The molecule has 0 saturated heterocycles. The van der Waals surface area contributed by atoms with Crippen LogP contribution in [0, 0.1) is 5.82 Å². The quantitative estimate of drug-likeness (QED) is 0.639. The van der Waals surface area contributed by atoms with E-state index in [0.29, 0.717) is 22.9 Å². The topological polar surface area (TPSA) is 43.6 Å². The molecule has 0 unspecified atom stereocenters. The van der Waals surface area contributed by atoms with Crippen LogP contribution in [-0.4, -0.2) is 19.7 Å². The van der Waals surface area contributed by atoms with Gasteiger partial charge in [-0.3, -0.25) is 4.98 Å². The summed E-state index contributed by atoms with van der Waals surface area (Å²) in [6.07, 6.45) is 3.46. The van der Waals surface area contributed by atoms with Crippen molar-refractivity contribution in [3.8, 4) is 11.4 Å². The van der Waals surface area contributed by atoms with Gasteiger partial charge in [0.15, 0.2) is 11.0 Å². The molecule has 0 saturated carbocycles. The molecule has 23 heavy (non-hydrogen) atoms. The minimum Gasteiger partial charge on any atom is -0.302 e. The number of pyridine rings is 1. The Morgan fingerprint density at radius 3 is 2.78 bits per heavy atom. The SMILES string of the molecule is CCn1c(SCc2c(F)cccc2Cl)nnc1-c1cccnc1. The molecule has 0 amide bonds. The second-order valence-electron chi connectivity index (χ2n) is 4.78. The Bertz CT molecular complexity index is 787. The number of thioether (sulfide) groups is 1. The molecule has 0 spiro atoms. The molecule has 0 bridgehead atoms. The lowest BCUT2D eigenvalue weighted by Gasteiger charge is -2.08. The molecule has 0 aliphatic heterocycles. The Morgan fingerprint density at radius 1 is 1.22 bits per heavy atom. The van der Waals surface area contributed by atoms with Crippen molar-refractivity contribution >= 4 is 23.4 Å². The fourth-order valence-electron chi connectivity index (χ4n) is 2.20. The van der Waals surface area contributed by atoms with Gasteiger partial charge in [-0.15, -0.1) is 10.2 Å². The smallest absolute Gasteiger partial charge is 0.191 e. The number of hydrogen-bond acceptors (Lipinski definition) is 4. The highest BCUT2D eigenvalue weighted by molar-refractivity contribution is 7.98. The van der Waals surface area contributed by atoms with Crippen LogP contribution in [0.1, 0.15) is 12.5 Å². The molecule has 3 aromatic rings. The first-order valence-electron chi connectivity index (χ1n) is 7.10. The molecule has 3 rings (SSSR count). The summed E-state index contributed by atoms with van der Waals surface area (Å²) in [4.78, 5) is 4.11. The monoisotopic (exact) mass is 348 g/mol. The molecule has 0 atom stereocenters. The van der Waals surface area contributed by atoms with Crippen molar-refractivity contribution in [2.45, 2.75) is 24.4 Å². The summed E-state index contributed by atoms with van der Waals surface area (Å²) in [6, 6.07) is 8.49. The standard InChI is InChI=1S/C16H14ClFN4S/c1-2-22-15(11-5-4-8-19-9-11)20-21-16(22)23-10-12-13(17)6-3-7-14(12)18/h3-9H,2,10H2,1H3. The van der Waals surface area contributed by atoms with E-state index >= 15 is 0 Å². The predicted molar refractivity (Wildman–Crippen MR) is 89.9 cm³/mol. The highest BCUT2D eigenvalue weighted by atomic mass is 35.5. The van der Waals surface area contributed by atoms with E-state index in [-0.39, 0.29) is 5.82 Å². The average molecular weight is 349 g/mol. The third-order valence-corrected chi connectivity index (χ3v) is 4.71. The van der Waals surface area contributed by atoms with Crippen molar-refractivity contribution in [1.29, 1.82) is 0 Å². The number of aromatic nitrogens is 4. The fourth-order valence-corrected chi connectivity index (χ4v) is 3.54. The maximum absolute atomic E-state index is 13.9. The van der Waals surface area contributed by atoms with Gasteiger partial charge in [0.1, 0.15) is 5.82 Å². The molecule has 0 aliphatic carbocycles. The van der Waals surface area contributed by atoms with E-state index in [0.717, 1.165) is 16.5 Å². The first-order chi connectivity index (χ1) is 11.2. The van der Waals surface area contributed by atoms with Crippen LogP contribution in [0.5, 0.6) is 0 Å². The van der Waals surface area contributed by atoms with Gasteiger partial charge in [-0.25, -0.2) is 4.39 Å². The second-order valence-corrected chi connectivity index (χ2v) is 6.13. The van der Waals surface area contributed by atoms with E-state index in [1.165, 1.54) is 17.8 Å². The van der Waals surface area contributed by atoms with Crippen molar-refractivity contribution in [3.05, 3.63) is 59.1 Å². The van der Waals surface area contributed by atoms with Gasteiger partial charge in [-0.05, 0) is 31.2 Å². The van der Waals surface area contributed by atoms with Gasteiger partial charge in [-0.1, -0.05) is 29.4 Å². The van der Waals surface area contributed by atoms with Crippen molar-refractivity contribution in [2.75, 3.05) is 0 Å². The molecule has 2 aromatic heterocycles. The van der Waals surface area contributed by atoms with E-state index in [4.69, 9.17) is 11.6 Å². The Hall–Kier alpha value is -1.92. The van der Waals surface area contributed by atoms with Crippen molar-refractivity contribution in [3.63, 3.8) is 0 Å². The van der Waals surface area contributed by atoms with Gasteiger partial charge in [0.2, 0.25) is 0 Å². The Morgan fingerprint density at radius 2 is 2.09 bits per heavy atom. The predicted octanol–water partition coefficient (Wildman–Crippen LogP) is 4.44.